The SMILES string of the molecule is CC(C)C1Cc2c(cccc2-c2ccc(O)cc2)CN1C=O. The van der Waals surface area contributed by atoms with Gasteiger partial charge in [-0.1, -0.05) is 44.2 Å². The number of hydrogen-bond acceptors (Lipinski definition) is 2. The van der Waals surface area contributed by atoms with Crippen molar-refractivity contribution < 1.29 is 9.90 Å². The number of aromatic hydroxyl groups is 1. The predicted octanol–water partition coefficient (Wildman–Crippen LogP) is 3.60. The fourth-order valence-corrected chi connectivity index (χ4v) is 3.31. The second-order valence-corrected chi connectivity index (χ2v) is 6.28. The molecule has 1 heterocycles. The summed E-state index contributed by atoms with van der Waals surface area (Å²) in [6.07, 6.45) is 1.85. The molecule has 2 aromatic rings. The first-order chi connectivity index (χ1) is 10.6. The van der Waals surface area contributed by atoms with Crippen LogP contribution in [-0.2, 0) is 17.8 Å². The second kappa shape index (κ2) is 5.84. The van der Waals surface area contributed by atoms with E-state index in [1.165, 1.54) is 16.7 Å². The first-order valence-corrected chi connectivity index (χ1v) is 7.71. The third-order valence-corrected chi connectivity index (χ3v) is 4.55. The Morgan fingerprint density at radius 1 is 1.18 bits per heavy atom. The van der Waals surface area contributed by atoms with E-state index in [-0.39, 0.29) is 11.8 Å². The molecule has 22 heavy (non-hydrogen) atoms. The highest BCUT2D eigenvalue weighted by molar-refractivity contribution is 5.70. The van der Waals surface area contributed by atoms with Crippen LogP contribution in [-0.4, -0.2) is 22.5 Å². The largest absolute Gasteiger partial charge is 0.508 e. The van der Waals surface area contributed by atoms with Gasteiger partial charge in [0, 0.05) is 12.6 Å². The number of phenols is 1. The maximum atomic E-state index is 11.4. The molecular weight excluding hydrogens is 274 g/mol. The molecule has 3 nitrogen and oxygen atoms in total. The summed E-state index contributed by atoms with van der Waals surface area (Å²) < 4.78 is 0. The monoisotopic (exact) mass is 295 g/mol. The lowest BCUT2D eigenvalue weighted by atomic mass is 9.84. The summed E-state index contributed by atoms with van der Waals surface area (Å²) in [6.45, 7) is 5.00. The average molecular weight is 295 g/mol. The Bertz CT molecular complexity index is 676. The van der Waals surface area contributed by atoms with Crippen molar-refractivity contribution in [2.45, 2.75) is 32.9 Å². The number of amides is 1. The van der Waals surface area contributed by atoms with Gasteiger partial charge in [0.25, 0.3) is 0 Å². The van der Waals surface area contributed by atoms with Gasteiger partial charge in [-0.3, -0.25) is 4.79 Å². The Balaban J connectivity index is 2.06. The van der Waals surface area contributed by atoms with Gasteiger partial charge in [-0.2, -0.15) is 0 Å². The molecule has 3 heteroatoms. The number of hydrogen-bond donors (Lipinski definition) is 1. The Kier molecular flexibility index (Phi) is 3.88. The summed E-state index contributed by atoms with van der Waals surface area (Å²) in [5, 5.41) is 9.48. The van der Waals surface area contributed by atoms with Gasteiger partial charge < -0.3 is 10.0 Å². The van der Waals surface area contributed by atoms with Crippen molar-refractivity contribution in [3.05, 3.63) is 53.6 Å². The number of fused-ring (bicyclic) bond motifs is 1. The van der Waals surface area contributed by atoms with E-state index in [4.69, 9.17) is 0 Å². The molecule has 0 aromatic heterocycles. The molecule has 0 bridgehead atoms. The second-order valence-electron chi connectivity index (χ2n) is 6.28. The molecule has 0 fully saturated rings. The third kappa shape index (κ3) is 2.59. The van der Waals surface area contributed by atoms with Gasteiger partial charge >= 0.3 is 0 Å². The van der Waals surface area contributed by atoms with Crippen LogP contribution >= 0.6 is 0 Å². The lowest BCUT2D eigenvalue weighted by Crippen LogP contribution is -2.42. The van der Waals surface area contributed by atoms with Crippen molar-refractivity contribution in [3.63, 3.8) is 0 Å². The average Bonchev–Trinajstić information content (AvgIpc) is 2.53. The molecule has 1 atom stereocenters. The van der Waals surface area contributed by atoms with Gasteiger partial charge in [-0.05, 0) is 46.7 Å². The molecule has 1 aliphatic rings. The molecule has 0 aliphatic carbocycles. The van der Waals surface area contributed by atoms with Crippen LogP contribution in [0.4, 0.5) is 0 Å². The van der Waals surface area contributed by atoms with E-state index < -0.39 is 0 Å². The zero-order valence-corrected chi connectivity index (χ0v) is 13.0. The fourth-order valence-electron chi connectivity index (χ4n) is 3.31. The molecule has 1 aliphatic heterocycles. The lowest BCUT2D eigenvalue weighted by molar-refractivity contribution is -0.122. The molecule has 0 saturated heterocycles. The standard InChI is InChI=1S/C19H21NO2/c1-13(2)19-10-18-15(11-20(19)12-21)4-3-5-17(18)14-6-8-16(22)9-7-14/h3-9,12-13,19,22H,10-11H2,1-2H3. The van der Waals surface area contributed by atoms with E-state index in [1.54, 1.807) is 12.1 Å². The Morgan fingerprint density at radius 3 is 2.55 bits per heavy atom. The van der Waals surface area contributed by atoms with Gasteiger partial charge in [-0.15, -0.1) is 0 Å². The molecule has 1 N–H and O–H groups in total. The van der Waals surface area contributed by atoms with Crippen molar-refractivity contribution in [1.29, 1.82) is 0 Å². The minimum absolute atomic E-state index is 0.239. The number of benzene rings is 2. The number of carbonyl (C=O) groups excluding carboxylic acids is 1. The number of nitrogens with zero attached hydrogens (tertiary/aromatic N) is 1. The van der Waals surface area contributed by atoms with Crippen LogP contribution in [0.1, 0.15) is 25.0 Å². The summed E-state index contributed by atoms with van der Waals surface area (Å²) in [5.41, 5.74) is 4.85. The predicted molar refractivity (Wildman–Crippen MR) is 87.5 cm³/mol. The van der Waals surface area contributed by atoms with E-state index >= 15 is 0 Å². The van der Waals surface area contributed by atoms with Crippen LogP contribution in [0.5, 0.6) is 5.75 Å². The van der Waals surface area contributed by atoms with Gasteiger partial charge in [0.15, 0.2) is 0 Å². The van der Waals surface area contributed by atoms with Crippen molar-refractivity contribution in [1.82, 2.24) is 4.90 Å². The van der Waals surface area contributed by atoms with E-state index in [2.05, 4.69) is 26.0 Å². The highest BCUT2D eigenvalue weighted by Crippen LogP contribution is 2.34. The van der Waals surface area contributed by atoms with Gasteiger partial charge in [0.2, 0.25) is 6.41 Å². The Hall–Kier alpha value is -2.29. The van der Waals surface area contributed by atoms with Crippen LogP contribution in [0.15, 0.2) is 42.5 Å². The van der Waals surface area contributed by atoms with Crippen molar-refractivity contribution in [2.75, 3.05) is 0 Å². The molecule has 0 radical (unpaired) electrons. The molecule has 2 aromatic carbocycles. The lowest BCUT2D eigenvalue weighted by Gasteiger charge is -2.37. The topological polar surface area (TPSA) is 40.5 Å². The van der Waals surface area contributed by atoms with E-state index in [9.17, 15) is 9.90 Å². The molecule has 3 rings (SSSR count). The summed E-state index contributed by atoms with van der Waals surface area (Å²) in [5.74, 6) is 0.701. The summed E-state index contributed by atoms with van der Waals surface area (Å²) >= 11 is 0. The summed E-state index contributed by atoms with van der Waals surface area (Å²) in [7, 11) is 0. The minimum atomic E-state index is 0.239. The highest BCUT2D eigenvalue weighted by Gasteiger charge is 2.28. The maximum absolute atomic E-state index is 11.4. The first kappa shape index (κ1) is 14.6. The van der Waals surface area contributed by atoms with Crippen LogP contribution in [0, 0.1) is 5.92 Å². The van der Waals surface area contributed by atoms with Gasteiger partial charge in [-0.25, -0.2) is 0 Å². The van der Waals surface area contributed by atoms with Crippen molar-refractivity contribution in [2.24, 2.45) is 5.92 Å². The van der Waals surface area contributed by atoms with E-state index in [1.807, 2.05) is 23.1 Å². The normalized spacial score (nSPS) is 17.4. The van der Waals surface area contributed by atoms with Crippen LogP contribution < -0.4 is 0 Å². The number of carbonyl (C=O) groups is 1. The van der Waals surface area contributed by atoms with Crippen molar-refractivity contribution >= 4 is 6.41 Å². The van der Waals surface area contributed by atoms with Gasteiger partial charge in [0.1, 0.15) is 5.75 Å². The van der Waals surface area contributed by atoms with Crippen LogP contribution in [0.25, 0.3) is 11.1 Å². The summed E-state index contributed by atoms with van der Waals surface area (Å²) in [6, 6.07) is 13.8. The molecule has 1 unspecified atom stereocenters. The fraction of sp³-hybridized carbons (Fsp3) is 0.316. The molecule has 114 valence electrons. The van der Waals surface area contributed by atoms with Crippen molar-refractivity contribution in [3.8, 4) is 16.9 Å². The first-order valence-electron chi connectivity index (χ1n) is 7.71. The Morgan fingerprint density at radius 2 is 1.91 bits per heavy atom. The maximum Gasteiger partial charge on any atom is 0.210 e. The zero-order chi connectivity index (χ0) is 15.7. The smallest absolute Gasteiger partial charge is 0.210 e. The zero-order valence-electron chi connectivity index (χ0n) is 13.0. The highest BCUT2D eigenvalue weighted by atomic mass is 16.3. The molecule has 0 saturated carbocycles. The number of rotatable bonds is 3. The minimum Gasteiger partial charge on any atom is -0.508 e. The molecule has 0 spiro atoms. The molecular formula is C19H21NO2. The summed E-state index contributed by atoms with van der Waals surface area (Å²) in [4.78, 5) is 13.3. The quantitative estimate of drug-likeness (QED) is 0.879. The van der Waals surface area contributed by atoms with Gasteiger partial charge in [0.05, 0.1) is 0 Å². The third-order valence-electron chi connectivity index (χ3n) is 4.55. The van der Waals surface area contributed by atoms with Crippen LogP contribution in [0.2, 0.25) is 0 Å². The molecule has 1 amide bonds. The van der Waals surface area contributed by atoms with E-state index in [0.717, 1.165) is 18.4 Å². The Labute approximate surface area is 131 Å². The number of phenolic OH excluding ortho intramolecular Hbond substituents is 1. The van der Waals surface area contributed by atoms with E-state index in [0.29, 0.717) is 12.5 Å². The van der Waals surface area contributed by atoms with Crippen LogP contribution in [0.3, 0.4) is 0 Å².